The van der Waals surface area contributed by atoms with Gasteiger partial charge >= 0.3 is 48.4 Å². The fraction of sp³-hybridized carbons (Fsp3) is 1.00. The van der Waals surface area contributed by atoms with Gasteiger partial charge in [0.2, 0.25) is 0 Å². The topological polar surface area (TPSA) is 0 Å². The zero-order valence-corrected chi connectivity index (χ0v) is 7.08. The van der Waals surface area contributed by atoms with Gasteiger partial charge in [-0.3, -0.25) is 0 Å². The van der Waals surface area contributed by atoms with E-state index in [-0.39, 0.29) is 0 Å². The van der Waals surface area contributed by atoms with Crippen LogP contribution in [-0.2, 0) is 0 Å². The zero-order valence-electron chi connectivity index (χ0n) is 4.31. The molecule has 0 rings (SSSR count). The minimum absolute atomic E-state index is 0.337. The fourth-order valence-electron chi connectivity index (χ4n) is 0.324. The van der Waals surface area contributed by atoms with Gasteiger partial charge in [-0.1, -0.05) is 0 Å². The molecule has 6 heavy (non-hydrogen) atoms. The van der Waals surface area contributed by atoms with Gasteiger partial charge in [-0.25, -0.2) is 0 Å². The molecule has 0 nitrogen and oxygen atoms in total. The maximum absolute atomic E-state index is 2.71. The van der Waals surface area contributed by atoms with E-state index in [4.69, 9.17) is 0 Å². The van der Waals surface area contributed by atoms with Crippen LogP contribution in [0.15, 0.2) is 0 Å². The van der Waals surface area contributed by atoms with Crippen LogP contribution in [0.3, 0.4) is 0 Å². The molecule has 0 radical (unpaired) electrons. The Morgan fingerprint density at radius 3 is 2.17 bits per heavy atom. The van der Waals surface area contributed by atoms with Gasteiger partial charge in [0.25, 0.3) is 0 Å². The van der Waals surface area contributed by atoms with Crippen LogP contribution >= 0.6 is 6.61 Å². The molecule has 0 heterocycles. The van der Waals surface area contributed by atoms with Crippen molar-refractivity contribution in [3.63, 3.8) is 0 Å². The average Bonchev–Trinajstić information content (AvgIpc) is 1.35. The molecule has 38 valence electrons. The predicted octanol–water partition coefficient (Wildman–Crippen LogP) is 1.32. The molecule has 0 aromatic heterocycles. The molecule has 0 aliphatic carbocycles. The third-order valence-corrected chi connectivity index (χ3v) is 2.90. The monoisotopic (exact) mass is 170 g/mol. The minimum atomic E-state index is 0.337. The summed E-state index contributed by atoms with van der Waals surface area (Å²) in [6.07, 6.45) is 2.76. The summed E-state index contributed by atoms with van der Waals surface area (Å²) < 4.78 is 0. The van der Waals surface area contributed by atoms with E-state index in [2.05, 4.69) is 29.2 Å². The van der Waals surface area contributed by atoms with E-state index in [1.807, 2.05) is 0 Å². The van der Waals surface area contributed by atoms with Gasteiger partial charge in [0, 0.05) is 0 Å². The molecule has 0 saturated carbocycles. The molecule has 0 N–H and O–H groups in total. The van der Waals surface area contributed by atoms with Crippen molar-refractivity contribution < 1.29 is 0 Å². The first kappa shape index (κ1) is 6.95. The van der Waals surface area contributed by atoms with Crippen LogP contribution in [0.1, 0.15) is 13.3 Å². The second kappa shape index (κ2) is 4.12. The van der Waals surface area contributed by atoms with Gasteiger partial charge in [0.05, 0.1) is 0 Å². The Morgan fingerprint density at radius 2 is 2.17 bits per heavy atom. The van der Waals surface area contributed by atoms with Crippen molar-refractivity contribution in [3.8, 4) is 0 Å². The molecule has 0 saturated heterocycles. The molecule has 0 aliphatic heterocycles. The molecule has 0 bridgehead atoms. The molecular formula is C4H11PSe. The Kier molecular flexibility index (Phi) is 4.77. The van der Waals surface area contributed by atoms with Crippen molar-refractivity contribution in [2.24, 2.45) is 0 Å². The molecule has 1 unspecified atom stereocenters. The normalized spacial score (nSPS) is 14.5. The Morgan fingerprint density at radius 1 is 1.67 bits per heavy atom. The van der Waals surface area contributed by atoms with Crippen molar-refractivity contribution >= 4 is 22.2 Å². The van der Waals surface area contributed by atoms with Crippen molar-refractivity contribution in [1.82, 2.24) is 0 Å². The molecule has 2 heteroatoms. The first-order chi connectivity index (χ1) is 2.77. The second-order valence-electron chi connectivity index (χ2n) is 1.38. The first-order valence-electron chi connectivity index (χ1n) is 2.17. The van der Waals surface area contributed by atoms with Crippen LogP contribution in [0.2, 0.25) is 0 Å². The summed E-state index contributed by atoms with van der Waals surface area (Å²) in [5.41, 5.74) is 0. The molecule has 0 fully saturated rings. The molecular weight excluding hydrogens is 158 g/mol. The van der Waals surface area contributed by atoms with Crippen molar-refractivity contribution in [2.45, 2.75) is 13.3 Å². The number of hydrogen-bond donors (Lipinski definition) is 0. The number of hydrogen-bond acceptors (Lipinski definition) is 0. The average molecular weight is 169 g/mol. The molecule has 0 aliphatic rings. The van der Waals surface area contributed by atoms with E-state index in [1.54, 1.807) is 0 Å². The summed E-state index contributed by atoms with van der Waals surface area (Å²) in [5, 5.41) is 0. The molecule has 0 aromatic carbocycles. The Balaban J connectivity index is 2.63. The second-order valence-corrected chi connectivity index (χ2v) is 7.44. The Hall–Kier alpha value is 0.949. The summed E-state index contributed by atoms with van der Waals surface area (Å²) in [6.45, 7) is 4.86. The van der Waals surface area contributed by atoms with E-state index in [0.29, 0.717) is 6.61 Å². The van der Waals surface area contributed by atoms with Crippen molar-refractivity contribution in [3.05, 3.63) is 0 Å². The molecule has 0 aromatic rings. The van der Waals surface area contributed by atoms with Gasteiger partial charge in [-0.2, -0.15) is 0 Å². The number of rotatable bonds is 2. The standard InChI is InChI=1S/C4H11PSe/c1-3-4-5(2)6/h6H,3-4H2,1-2H3. The van der Waals surface area contributed by atoms with E-state index in [1.165, 1.54) is 12.6 Å². The SMILES string of the molecule is CCCP(C)[SeH]. The maximum atomic E-state index is 2.71. The predicted molar refractivity (Wildman–Crippen MR) is 35.2 cm³/mol. The summed E-state index contributed by atoms with van der Waals surface area (Å²) in [7, 11) is 0. The van der Waals surface area contributed by atoms with Crippen LogP contribution in [0.4, 0.5) is 0 Å². The summed E-state index contributed by atoms with van der Waals surface area (Å²) >= 11 is 2.71. The Labute approximate surface area is 48.9 Å². The Bertz CT molecular complexity index is 28.7. The van der Waals surface area contributed by atoms with Gasteiger partial charge in [-0.15, -0.1) is 0 Å². The molecule has 0 amide bonds. The van der Waals surface area contributed by atoms with Crippen molar-refractivity contribution in [2.75, 3.05) is 12.8 Å². The summed E-state index contributed by atoms with van der Waals surface area (Å²) in [6, 6.07) is 0. The van der Waals surface area contributed by atoms with E-state index in [9.17, 15) is 0 Å². The molecule has 0 spiro atoms. The first-order valence-corrected chi connectivity index (χ1v) is 6.62. The van der Waals surface area contributed by atoms with Crippen LogP contribution in [0.5, 0.6) is 0 Å². The fourth-order valence-corrected chi connectivity index (χ4v) is 2.23. The van der Waals surface area contributed by atoms with Crippen LogP contribution < -0.4 is 0 Å². The van der Waals surface area contributed by atoms with Crippen LogP contribution in [0.25, 0.3) is 0 Å². The molecule has 1 atom stereocenters. The van der Waals surface area contributed by atoms with Crippen LogP contribution in [0, 0.1) is 0 Å². The van der Waals surface area contributed by atoms with E-state index < -0.39 is 0 Å². The summed E-state index contributed by atoms with van der Waals surface area (Å²) in [5.74, 6) is 0. The van der Waals surface area contributed by atoms with Gasteiger partial charge in [0.1, 0.15) is 0 Å². The van der Waals surface area contributed by atoms with Crippen LogP contribution in [-0.4, -0.2) is 28.4 Å². The zero-order chi connectivity index (χ0) is 4.99. The van der Waals surface area contributed by atoms with E-state index in [0.717, 1.165) is 0 Å². The van der Waals surface area contributed by atoms with Gasteiger partial charge in [-0.05, 0) is 0 Å². The van der Waals surface area contributed by atoms with Gasteiger partial charge in [0.15, 0.2) is 0 Å². The quantitative estimate of drug-likeness (QED) is 0.432. The third kappa shape index (κ3) is 4.95. The third-order valence-electron chi connectivity index (χ3n) is 0.547. The summed E-state index contributed by atoms with van der Waals surface area (Å²) in [4.78, 5) is 0. The van der Waals surface area contributed by atoms with Crippen molar-refractivity contribution in [1.29, 1.82) is 0 Å². The van der Waals surface area contributed by atoms with E-state index >= 15 is 0 Å². The van der Waals surface area contributed by atoms with Gasteiger partial charge < -0.3 is 0 Å².